The van der Waals surface area contributed by atoms with E-state index in [9.17, 15) is 0 Å². The molecule has 0 saturated carbocycles. The monoisotopic (exact) mass is 341 g/mol. The highest BCUT2D eigenvalue weighted by Crippen LogP contribution is 2.31. The number of benzene rings is 1. The molecule has 1 aromatic carbocycles. The number of fused-ring (bicyclic) bond motifs is 1. The van der Waals surface area contributed by atoms with E-state index in [-0.39, 0.29) is 6.10 Å². The zero-order valence-electron chi connectivity index (χ0n) is 10.2. The summed E-state index contributed by atoms with van der Waals surface area (Å²) < 4.78 is 12.4. The van der Waals surface area contributed by atoms with Gasteiger partial charge in [0.1, 0.15) is 6.61 Å². The van der Waals surface area contributed by atoms with Crippen LogP contribution in [0.15, 0.2) is 28.2 Å². The van der Waals surface area contributed by atoms with Crippen LogP contribution in [0, 0.1) is 0 Å². The van der Waals surface area contributed by atoms with E-state index in [1.54, 1.807) is 0 Å². The largest absolute Gasteiger partial charge is 0.486 e. The molecular formula is C12H12BrN3O2S. The second-order valence-corrected chi connectivity index (χ2v) is 6.45. The summed E-state index contributed by atoms with van der Waals surface area (Å²) in [6, 6.07) is 7.71. The Balaban J connectivity index is 1.66. The van der Waals surface area contributed by atoms with Crippen LogP contribution in [0.4, 0.5) is 5.13 Å². The molecule has 1 atom stereocenters. The van der Waals surface area contributed by atoms with E-state index in [1.807, 2.05) is 36.2 Å². The predicted molar refractivity (Wildman–Crippen MR) is 77.2 cm³/mol. The molecule has 0 N–H and O–H groups in total. The SMILES string of the molecule is CN(C[C@@H]1COc2ccccc2O1)c1nnc(Br)s1. The number of rotatable bonds is 3. The first-order chi connectivity index (χ1) is 9.22. The van der Waals surface area contributed by atoms with Crippen LogP contribution in [0.2, 0.25) is 0 Å². The second kappa shape index (κ2) is 5.34. The lowest BCUT2D eigenvalue weighted by molar-refractivity contribution is 0.0960. The minimum atomic E-state index is -0.0115. The lowest BCUT2D eigenvalue weighted by Crippen LogP contribution is -2.39. The summed E-state index contributed by atoms with van der Waals surface area (Å²) in [5.41, 5.74) is 0. The number of likely N-dealkylation sites (N-methyl/N-ethyl adjacent to an activating group) is 1. The van der Waals surface area contributed by atoms with Gasteiger partial charge in [-0.2, -0.15) is 0 Å². The first kappa shape index (κ1) is 12.7. The van der Waals surface area contributed by atoms with Gasteiger partial charge in [0.05, 0.1) is 6.54 Å². The number of aromatic nitrogens is 2. The number of hydrogen-bond acceptors (Lipinski definition) is 6. The third kappa shape index (κ3) is 2.82. The van der Waals surface area contributed by atoms with Gasteiger partial charge in [-0.15, -0.1) is 10.2 Å². The molecule has 3 rings (SSSR count). The first-order valence-corrected chi connectivity index (χ1v) is 7.42. The van der Waals surface area contributed by atoms with Crippen molar-refractivity contribution in [2.24, 2.45) is 0 Å². The molecule has 0 bridgehead atoms. The van der Waals surface area contributed by atoms with Crippen molar-refractivity contribution >= 4 is 32.4 Å². The third-order valence-electron chi connectivity index (χ3n) is 2.76. The summed E-state index contributed by atoms with van der Waals surface area (Å²) in [5, 5.41) is 8.87. The lowest BCUT2D eigenvalue weighted by Gasteiger charge is -2.29. The summed E-state index contributed by atoms with van der Waals surface area (Å²) in [6.45, 7) is 1.25. The smallest absolute Gasteiger partial charge is 0.208 e. The molecule has 5 nitrogen and oxygen atoms in total. The normalized spacial score (nSPS) is 17.3. The summed E-state index contributed by atoms with van der Waals surface area (Å²) in [4.78, 5) is 2.02. The van der Waals surface area contributed by atoms with Gasteiger partial charge in [0.2, 0.25) is 5.13 Å². The van der Waals surface area contributed by atoms with Gasteiger partial charge in [-0.05, 0) is 28.1 Å². The number of ether oxygens (including phenoxy) is 2. The fourth-order valence-electron chi connectivity index (χ4n) is 1.89. The summed E-state index contributed by atoms with van der Waals surface area (Å²) in [7, 11) is 1.97. The first-order valence-electron chi connectivity index (χ1n) is 5.81. The maximum absolute atomic E-state index is 5.91. The summed E-state index contributed by atoms with van der Waals surface area (Å²) in [6.07, 6.45) is -0.0115. The van der Waals surface area contributed by atoms with Gasteiger partial charge in [0.25, 0.3) is 0 Å². The maximum Gasteiger partial charge on any atom is 0.208 e. The van der Waals surface area contributed by atoms with Gasteiger partial charge in [0, 0.05) is 7.05 Å². The Kier molecular flexibility index (Phi) is 3.56. The molecule has 0 amide bonds. The predicted octanol–water partition coefficient (Wildman–Crippen LogP) is 2.58. The van der Waals surface area contributed by atoms with Gasteiger partial charge in [-0.25, -0.2) is 0 Å². The molecule has 7 heteroatoms. The summed E-state index contributed by atoms with van der Waals surface area (Å²) in [5.74, 6) is 1.60. The van der Waals surface area contributed by atoms with E-state index in [1.165, 1.54) is 11.3 Å². The molecule has 1 aromatic heterocycles. The van der Waals surface area contributed by atoms with E-state index in [2.05, 4.69) is 26.1 Å². The molecule has 2 heterocycles. The molecule has 2 aromatic rings. The quantitative estimate of drug-likeness (QED) is 0.858. The van der Waals surface area contributed by atoms with Crippen molar-refractivity contribution < 1.29 is 9.47 Å². The fourth-order valence-corrected chi connectivity index (χ4v) is 2.95. The Morgan fingerprint density at radius 3 is 2.89 bits per heavy atom. The van der Waals surface area contributed by atoms with Crippen LogP contribution >= 0.6 is 27.3 Å². The number of anilines is 1. The van der Waals surface area contributed by atoms with Crippen molar-refractivity contribution in [2.75, 3.05) is 25.1 Å². The van der Waals surface area contributed by atoms with E-state index in [0.29, 0.717) is 13.2 Å². The average molecular weight is 342 g/mol. The van der Waals surface area contributed by atoms with E-state index in [4.69, 9.17) is 9.47 Å². The highest BCUT2D eigenvalue weighted by Gasteiger charge is 2.23. The molecule has 0 radical (unpaired) electrons. The number of hydrogen-bond donors (Lipinski definition) is 0. The number of para-hydroxylation sites is 2. The number of nitrogens with zero attached hydrogens (tertiary/aromatic N) is 3. The molecule has 0 unspecified atom stereocenters. The van der Waals surface area contributed by atoms with E-state index in [0.717, 1.165) is 20.5 Å². The Hall–Kier alpha value is -1.34. The van der Waals surface area contributed by atoms with E-state index >= 15 is 0 Å². The van der Waals surface area contributed by atoms with Crippen LogP contribution in [0.1, 0.15) is 0 Å². The van der Waals surface area contributed by atoms with Crippen molar-refractivity contribution in [1.82, 2.24) is 10.2 Å². The molecule has 0 spiro atoms. The van der Waals surface area contributed by atoms with Crippen molar-refractivity contribution in [2.45, 2.75) is 6.10 Å². The minimum Gasteiger partial charge on any atom is -0.486 e. The molecule has 100 valence electrons. The zero-order chi connectivity index (χ0) is 13.2. The second-order valence-electron chi connectivity index (χ2n) is 4.22. The van der Waals surface area contributed by atoms with Gasteiger partial charge < -0.3 is 14.4 Å². The van der Waals surface area contributed by atoms with Crippen LogP contribution < -0.4 is 14.4 Å². The fraction of sp³-hybridized carbons (Fsp3) is 0.333. The lowest BCUT2D eigenvalue weighted by atomic mass is 10.2. The molecule has 0 fully saturated rings. The molecule has 1 aliphatic rings. The maximum atomic E-state index is 5.91. The van der Waals surface area contributed by atoms with Crippen molar-refractivity contribution in [3.63, 3.8) is 0 Å². The number of halogens is 1. The van der Waals surface area contributed by atoms with Crippen LogP contribution in [-0.4, -0.2) is 36.5 Å². The standard InChI is InChI=1S/C12H12BrN3O2S/c1-16(12-15-14-11(13)19-12)6-8-7-17-9-4-2-3-5-10(9)18-8/h2-5,8H,6-7H2,1H3/t8-/m1/s1. The molecule has 19 heavy (non-hydrogen) atoms. The average Bonchev–Trinajstić information content (AvgIpc) is 2.85. The Bertz CT molecular complexity index is 578. The van der Waals surface area contributed by atoms with Gasteiger partial charge in [-0.1, -0.05) is 23.5 Å². The van der Waals surface area contributed by atoms with Crippen LogP contribution in [-0.2, 0) is 0 Å². The Labute approximate surface area is 123 Å². The van der Waals surface area contributed by atoms with Gasteiger partial charge in [-0.3, -0.25) is 0 Å². The zero-order valence-corrected chi connectivity index (χ0v) is 12.6. The molecule has 0 saturated heterocycles. The van der Waals surface area contributed by atoms with Crippen molar-refractivity contribution in [3.05, 3.63) is 28.2 Å². The van der Waals surface area contributed by atoms with Crippen molar-refractivity contribution in [3.8, 4) is 11.5 Å². The van der Waals surface area contributed by atoms with E-state index < -0.39 is 0 Å². The summed E-state index contributed by atoms with van der Waals surface area (Å²) >= 11 is 4.80. The minimum absolute atomic E-state index is 0.0115. The molecule has 1 aliphatic heterocycles. The van der Waals surface area contributed by atoms with Gasteiger partial charge in [0.15, 0.2) is 21.5 Å². The highest BCUT2D eigenvalue weighted by atomic mass is 79.9. The highest BCUT2D eigenvalue weighted by molar-refractivity contribution is 9.11. The topological polar surface area (TPSA) is 47.5 Å². The van der Waals surface area contributed by atoms with Crippen molar-refractivity contribution in [1.29, 1.82) is 0 Å². The third-order valence-corrected chi connectivity index (χ3v) is 4.23. The Morgan fingerprint density at radius 2 is 2.16 bits per heavy atom. The molecule has 0 aliphatic carbocycles. The Morgan fingerprint density at radius 1 is 1.37 bits per heavy atom. The van der Waals surface area contributed by atoms with Gasteiger partial charge >= 0.3 is 0 Å². The molecular weight excluding hydrogens is 330 g/mol. The van der Waals surface area contributed by atoms with Crippen LogP contribution in [0.25, 0.3) is 0 Å². The van der Waals surface area contributed by atoms with Crippen LogP contribution in [0.3, 0.4) is 0 Å². The van der Waals surface area contributed by atoms with Crippen LogP contribution in [0.5, 0.6) is 11.5 Å².